The third kappa shape index (κ3) is 4.79. The molecule has 1 aliphatic rings. The Balaban J connectivity index is 1.90. The number of benzene rings is 1. The van der Waals surface area contributed by atoms with Crippen LogP contribution >= 0.6 is 11.6 Å². The Morgan fingerprint density at radius 2 is 2.29 bits per heavy atom. The summed E-state index contributed by atoms with van der Waals surface area (Å²) in [6.45, 7) is 7.41. The highest BCUT2D eigenvalue weighted by Gasteiger charge is 2.18. The van der Waals surface area contributed by atoms with E-state index in [9.17, 15) is 4.79 Å². The third-order valence-electron chi connectivity index (χ3n) is 3.29. The largest absolute Gasteiger partial charge is 0.491 e. The van der Waals surface area contributed by atoms with Crippen LogP contribution in [-0.4, -0.2) is 43.2 Å². The van der Waals surface area contributed by atoms with Crippen LogP contribution < -0.4 is 15.4 Å². The fraction of sp³-hybridized carbons (Fsp3) is 0.533. The van der Waals surface area contributed by atoms with E-state index in [1.54, 1.807) is 4.90 Å². The molecule has 0 unspecified atom stereocenters. The van der Waals surface area contributed by atoms with E-state index in [0.29, 0.717) is 37.3 Å². The molecule has 1 aromatic carbocycles. The van der Waals surface area contributed by atoms with E-state index in [4.69, 9.17) is 16.3 Å². The molecule has 2 amide bonds. The molecular formula is C15H22ClN3O2. The number of carbonyl (C=O) groups excluding carboxylic acids is 1. The zero-order chi connectivity index (χ0) is 15.2. The van der Waals surface area contributed by atoms with Crippen molar-refractivity contribution >= 4 is 17.6 Å². The third-order valence-corrected chi connectivity index (χ3v) is 3.52. The summed E-state index contributed by atoms with van der Waals surface area (Å²) in [6.07, 6.45) is 0. The lowest BCUT2D eigenvalue weighted by Crippen LogP contribution is -2.32. The molecule has 0 bridgehead atoms. The van der Waals surface area contributed by atoms with Crippen LogP contribution in [0.25, 0.3) is 0 Å². The van der Waals surface area contributed by atoms with Gasteiger partial charge in [0, 0.05) is 36.3 Å². The van der Waals surface area contributed by atoms with Gasteiger partial charge >= 0.3 is 6.03 Å². The van der Waals surface area contributed by atoms with Crippen molar-refractivity contribution in [1.82, 2.24) is 15.5 Å². The molecule has 0 spiro atoms. The SMILES string of the molecule is CC(C)NCc1cc(Cl)ccc1OCCN1CCNC1=O. The molecule has 116 valence electrons. The minimum Gasteiger partial charge on any atom is -0.491 e. The van der Waals surface area contributed by atoms with Crippen LogP contribution in [0.4, 0.5) is 4.79 Å². The van der Waals surface area contributed by atoms with Crippen molar-refractivity contribution in [3.8, 4) is 5.75 Å². The van der Waals surface area contributed by atoms with Crippen molar-refractivity contribution in [2.75, 3.05) is 26.2 Å². The van der Waals surface area contributed by atoms with Gasteiger partial charge in [-0.3, -0.25) is 0 Å². The first kappa shape index (κ1) is 15.9. The lowest BCUT2D eigenvalue weighted by Gasteiger charge is -2.17. The molecule has 1 aromatic rings. The Morgan fingerprint density at radius 1 is 1.48 bits per heavy atom. The van der Waals surface area contributed by atoms with Crippen LogP contribution in [0.3, 0.4) is 0 Å². The van der Waals surface area contributed by atoms with E-state index < -0.39 is 0 Å². The number of urea groups is 1. The molecule has 0 aliphatic carbocycles. The first-order valence-electron chi connectivity index (χ1n) is 7.23. The molecule has 1 saturated heterocycles. The van der Waals surface area contributed by atoms with Gasteiger partial charge in [-0.2, -0.15) is 0 Å². The van der Waals surface area contributed by atoms with Gasteiger partial charge in [0.1, 0.15) is 12.4 Å². The van der Waals surface area contributed by atoms with Gasteiger partial charge in [-0.05, 0) is 18.2 Å². The number of nitrogens with one attached hydrogen (secondary N) is 2. The van der Waals surface area contributed by atoms with E-state index in [2.05, 4.69) is 24.5 Å². The first-order valence-corrected chi connectivity index (χ1v) is 7.61. The summed E-state index contributed by atoms with van der Waals surface area (Å²) in [4.78, 5) is 13.2. The molecule has 5 nitrogen and oxygen atoms in total. The highest BCUT2D eigenvalue weighted by Crippen LogP contribution is 2.23. The Labute approximate surface area is 130 Å². The summed E-state index contributed by atoms with van der Waals surface area (Å²) in [5.74, 6) is 0.812. The maximum Gasteiger partial charge on any atom is 0.317 e. The fourth-order valence-corrected chi connectivity index (χ4v) is 2.33. The zero-order valence-corrected chi connectivity index (χ0v) is 13.2. The van der Waals surface area contributed by atoms with Crippen LogP contribution in [0.5, 0.6) is 5.75 Å². The summed E-state index contributed by atoms with van der Waals surface area (Å²) in [6, 6.07) is 5.98. The second-order valence-electron chi connectivity index (χ2n) is 5.36. The summed E-state index contributed by atoms with van der Waals surface area (Å²) in [5, 5.41) is 6.82. The molecule has 1 fully saturated rings. The predicted octanol–water partition coefficient (Wildman–Crippen LogP) is 2.24. The Hall–Kier alpha value is -1.46. The number of nitrogens with zero attached hydrogens (tertiary/aromatic N) is 1. The van der Waals surface area contributed by atoms with Crippen molar-refractivity contribution in [3.63, 3.8) is 0 Å². The Bertz CT molecular complexity index is 494. The normalized spacial score (nSPS) is 14.7. The number of hydrogen-bond acceptors (Lipinski definition) is 3. The summed E-state index contributed by atoms with van der Waals surface area (Å²) in [7, 11) is 0. The molecule has 6 heteroatoms. The average molecular weight is 312 g/mol. The number of rotatable bonds is 7. The summed E-state index contributed by atoms with van der Waals surface area (Å²) in [5.41, 5.74) is 1.03. The second-order valence-corrected chi connectivity index (χ2v) is 5.79. The van der Waals surface area contributed by atoms with Crippen molar-refractivity contribution < 1.29 is 9.53 Å². The molecule has 0 atom stereocenters. The van der Waals surface area contributed by atoms with Gasteiger partial charge in [0.2, 0.25) is 0 Å². The smallest absolute Gasteiger partial charge is 0.317 e. The van der Waals surface area contributed by atoms with Crippen molar-refractivity contribution in [1.29, 1.82) is 0 Å². The molecule has 0 radical (unpaired) electrons. The van der Waals surface area contributed by atoms with Gasteiger partial charge < -0.3 is 20.3 Å². The van der Waals surface area contributed by atoms with Crippen molar-refractivity contribution in [2.24, 2.45) is 0 Å². The molecular weight excluding hydrogens is 290 g/mol. The van der Waals surface area contributed by atoms with Gasteiger partial charge in [-0.25, -0.2) is 4.79 Å². The fourth-order valence-electron chi connectivity index (χ4n) is 2.13. The number of carbonyl (C=O) groups is 1. The average Bonchev–Trinajstić information content (AvgIpc) is 2.84. The minimum atomic E-state index is -0.0172. The van der Waals surface area contributed by atoms with Crippen molar-refractivity contribution in [3.05, 3.63) is 28.8 Å². The highest BCUT2D eigenvalue weighted by molar-refractivity contribution is 6.30. The molecule has 0 saturated carbocycles. The molecule has 1 heterocycles. The molecule has 0 aromatic heterocycles. The number of hydrogen-bond donors (Lipinski definition) is 2. The molecule has 21 heavy (non-hydrogen) atoms. The number of halogens is 1. The number of ether oxygens (including phenoxy) is 1. The minimum absolute atomic E-state index is 0.0172. The quantitative estimate of drug-likeness (QED) is 0.812. The van der Waals surface area contributed by atoms with Gasteiger partial charge in [0.15, 0.2) is 0 Å². The Kier molecular flexibility index (Phi) is 5.70. The van der Waals surface area contributed by atoms with E-state index in [0.717, 1.165) is 17.9 Å². The maximum atomic E-state index is 11.4. The maximum absolute atomic E-state index is 11.4. The van der Waals surface area contributed by atoms with E-state index >= 15 is 0 Å². The monoisotopic (exact) mass is 311 g/mol. The standard InChI is InChI=1S/C15H22ClN3O2/c1-11(2)18-10-12-9-13(16)3-4-14(12)21-8-7-19-6-5-17-15(19)20/h3-4,9,11,18H,5-8,10H2,1-2H3,(H,17,20). The first-order chi connectivity index (χ1) is 10.1. The number of amides is 2. The topological polar surface area (TPSA) is 53.6 Å². The van der Waals surface area contributed by atoms with E-state index in [-0.39, 0.29) is 6.03 Å². The van der Waals surface area contributed by atoms with Crippen LogP contribution in [0, 0.1) is 0 Å². The zero-order valence-electron chi connectivity index (χ0n) is 12.5. The van der Waals surface area contributed by atoms with Crippen LogP contribution in [0.2, 0.25) is 5.02 Å². The van der Waals surface area contributed by atoms with Crippen LogP contribution in [0.1, 0.15) is 19.4 Å². The molecule has 2 N–H and O–H groups in total. The summed E-state index contributed by atoms with van der Waals surface area (Å²) >= 11 is 6.04. The van der Waals surface area contributed by atoms with Gasteiger partial charge in [-0.15, -0.1) is 0 Å². The van der Waals surface area contributed by atoms with Crippen LogP contribution in [-0.2, 0) is 6.54 Å². The highest BCUT2D eigenvalue weighted by atomic mass is 35.5. The molecule has 2 rings (SSSR count). The van der Waals surface area contributed by atoms with E-state index in [1.807, 2.05) is 18.2 Å². The van der Waals surface area contributed by atoms with Gasteiger partial charge in [0.05, 0.1) is 6.54 Å². The van der Waals surface area contributed by atoms with Gasteiger partial charge in [0.25, 0.3) is 0 Å². The lowest BCUT2D eigenvalue weighted by molar-refractivity contribution is 0.202. The van der Waals surface area contributed by atoms with Gasteiger partial charge in [-0.1, -0.05) is 25.4 Å². The van der Waals surface area contributed by atoms with E-state index in [1.165, 1.54) is 0 Å². The molecule has 1 aliphatic heterocycles. The lowest BCUT2D eigenvalue weighted by atomic mass is 10.2. The summed E-state index contributed by atoms with van der Waals surface area (Å²) < 4.78 is 5.81. The second kappa shape index (κ2) is 7.52. The van der Waals surface area contributed by atoms with Crippen molar-refractivity contribution in [2.45, 2.75) is 26.4 Å². The Morgan fingerprint density at radius 3 is 2.95 bits per heavy atom. The predicted molar refractivity (Wildman–Crippen MR) is 83.9 cm³/mol. The van der Waals surface area contributed by atoms with Crippen LogP contribution in [0.15, 0.2) is 18.2 Å².